The van der Waals surface area contributed by atoms with Gasteiger partial charge < -0.3 is 5.32 Å². The van der Waals surface area contributed by atoms with Crippen LogP contribution >= 0.6 is 0 Å². The lowest BCUT2D eigenvalue weighted by Gasteiger charge is -2.21. The van der Waals surface area contributed by atoms with E-state index in [0.29, 0.717) is 11.3 Å². The van der Waals surface area contributed by atoms with Crippen molar-refractivity contribution >= 4 is 0 Å². The molecule has 1 aliphatic carbocycles. The lowest BCUT2D eigenvalue weighted by molar-refractivity contribution is 0.336. The maximum Gasteiger partial charge on any atom is 0.00177 e. The topological polar surface area (TPSA) is 12.0 Å². The van der Waals surface area contributed by atoms with Crippen molar-refractivity contribution < 1.29 is 0 Å². The minimum Gasteiger partial charge on any atom is -0.316 e. The second-order valence-corrected chi connectivity index (χ2v) is 5.96. The van der Waals surface area contributed by atoms with Gasteiger partial charge in [0.1, 0.15) is 0 Å². The van der Waals surface area contributed by atoms with Crippen molar-refractivity contribution in [2.45, 2.75) is 39.5 Å². The van der Waals surface area contributed by atoms with Crippen LogP contribution < -0.4 is 5.32 Å². The maximum absolute atomic E-state index is 3.67. The molecule has 0 spiro atoms. The Bertz CT molecular complexity index is 338. The predicted molar refractivity (Wildman–Crippen MR) is 74.2 cm³/mol. The minimum atomic E-state index is 0.610. The summed E-state index contributed by atoms with van der Waals surface area (Å²) in [4.78, 5) is 0. The number of hydrogen-bond acceptors (Lipinski definition) is 1. The van der Waals surface area contributed by atoms with E-state index in [1.54, 1.807) is 0 Å². The fraction of sp³-hybridized carbons (Fsp3) is 0.625. The number of nitrogens with one attached hydrogen (secondary N) is 1. The molecule has 1 N–H and O–H groups in total. The van der Waals surface area contributed by atoms with E-state index in [2.05, 4.69) is 56.4 Å². The molecule has 0 radical (unpaired) electrons. The zero-order valence-electron chi connectivity index (χ0n) is 11.4. The molecule has 94 valence electrons. The molecule has 0 saturated heterocycles. The van der Waals surface area contributed by atoms with Crippen LogP contribution in [0.15, 0.2) is 30.3 Å². The minimum absolute atomic E-state index is 0.610. The number of benzene rings is 1. The summed E-state index contributed by atoms with van der Waals surface area (Å²) in [5, 5.41) is 3.67. The van der Waals surface area contributed by atoms with Crippen LogP contribution in [0.5, 0.6) is 0 Å². The van der Waals surface area contributed by atoms with Crippen LogP contribution in [0.4, 0.5) is 0 Å². The van der Waals surface area contributed by atoms with E-state index < -0.39 is 0 Å². The van der Waals surface area contributed by atoms with Gasteiger partial charge in [-0.2, -0.15) is 0 Å². The first-order chi connectivity index (χ1) is 8.14. The second kappa shape index (κ2) is 5.22. The summed E-state index contributed by atoms with van der Waals surface area (Å²) < 4.78 is 0. The Labute approximate surface area is 106 Å². The first-order valence-corrected chi connectivity index (χ1v) is 6.90. The SMILES string of the molecule is CC(CNCC1(C(C)C)CC1)c1ccccc1. The summed E-state index contributed by atoms with van der Waals surface area (Å²) in [6.07, 6.45) is 2.83. The van der Waals surface area contributed by atoms with Crippen molar-refractivity contribution in [1.29, 1.82) is 0 Å². The molecule has 1 nitrogen and oxygen atoms in total. The molecule has 1 aromatic rings. The monoisotopic (exact) mass is 231 g/mol. The Balaban J connectivity index is 1.76. The molecule has 1 aromatic carbocycles. The van der Waals surface area contributed by atoms with E-state index in [-0.39, 0.29) is 0 Å². The smallest absolute Gasteiger partial charge is 0.00177 e. The van der Waals surface area contributed by atoms with Crippen LogP contribution in [0.3, 0.4) is 0 Å². The molecule has 2 rings (SSSR count). The Morgan fingerprint density at radius 1 is 1.12 bits per heavy atom. The summed E-state index contributed by atoms with van der Waals surface area (Å²) in [7, 11) is 0. The quantitative estimate of drug-likeness (QED) is 0.785. The highest BCUT2D eigenvalue weighted by Crippen LogP contribution is 2.51. The van der Waals surface area contributed by atoms with E-state index in [1.807, 2.05) is 0 Å². The molecule has 0 amide bonds. The lowest BCUT2D eigenvalue weighted by atomic mass is 9.92. The molecule has 0 bridgehead atoms. The highest BCUT2D eigenvalue weighted by molar-refractivity contribution is 5.19. The average Bonchev–Trinajstić information content (AvgIpc) is 3.11. The van der Waals surface area contributed by atoms with Gasteiger partial charge in [-0.25, -0.2) is 0 Å². The molecule has 1 fully saturated rings. The van der Waals surface area contributed by atoms with E-state index in [4.69, 9.17) is 0 Å². The first-order valence-electron chi connectivity index (χ1n) is 6.90. The largest absolute Gasteiger partial charge is 0.316 e. The fourth-order valence-electron chi connectivity index (χ4n) is 2.56. The normalized spacial score (nSPS) is 19.3. The molecule has 17 heavy (non-hydrogen) atoms. The van der Waals surface area contributed by atoms with Crippen molar-refractivity contribution in [3.8, 4) is 0 Å². The molecule has 1 heteroatoms. The molecule has 1 aliphatic rings. The van der Waals surface area contributed by atoms with Crippen LogP contribution in [0.2, 0.25) is 0 Å². The van der Waals surface area contributed by atoms with E-state index in [1.165, 1.54) is 24.9 Å². The molecule has 1 unspecified atom stereocenters. The van der Waals surface area contributed by atoms with Gasteiger partial charge in [0, 0.05) is 13.1 Å². The predicted octanol–water partition coefficient (Wildman–Crippen LogP) is 3.82. The van der Waals surface area contributed by atoms with Crippen LogP contribution in [0.1, 0.15) is 45.1 Å². The first kappa shape index (κ1) is 12.6. The Hall–Kier alpha value is -0.820. The summed E-state index contributed by atoms with van der Waals surface area (Å²) in [5.74, 6) is 1.43. The summed E-state index contributed by atoms with van der Waals surface area (Å²) in [6, 6.07) is 10.8. The van der Waals surface area contributed by atoms with Gasteiger partial charge in [-0.1, -0.05) is 51.1 Å². The van der Waals surface area contributed by atoms with Crippen molar-refractivity contribution in [2.75, 3.05) is 13.1 Å². The average molecular weight is 231 g/mol. The van der Waals surface area contributed by atoms with Crippen molar-refractivity contribution in [2.24, 2.45) is 11.3 Å². The van der Waals surface area contributed by atoms with Gasteiger partial charge in [0.25, 0.3) is 0 Å². The number of rotatable bonds is 6. The van der Waals surface area contributed by atoms with Gasteiger partial charge in [0.2, 0.25) is 0 Å². The maximum atomic E-state index is 3.67. The molecule has 0 aromatic heterocycles. The van der Waals surface area contributed by atoms with Gasteiger partial charge in [-0.3, -0.25) is 0 Å². The van der Waals surface area contributed by atoms with E-state index in [0.717, 1.165) is 12.5 Å². The highest BCUT2D eigenvalue weighted by atomic mass is 14.9. The highest BCUT2D eigenvalue weighted by Gasteiger charge is 2.44. The summed E-state index contributed by atoms with van der Waals surface area (Å²) >= 11 is 0. The molecular weight excluding hydrogens is 206 g/mol. The third kappa shape index (κ3) is 3.10. The van der Waals surface area contributed by atoms with Crippen LogP contribution in [0.25, 0.3) is 0 Å². The van der Waals surface area contributed by atoms with Gasteiger partial charge in [-0.15, -0.1) is 0 Å². The molecular formula is C16H25N. The standard InChI is InChI=1S/C16H25N/c1-13(2)16(9-10-16)12-17-11-14(3)15-7-5-4-6-8-15/h4-8,13-14,17H,9-12H2,1-3H3. The third-order valence-corrected chi connectivity index (χ3v) is 4.41. The Morgan fingerprint density at radius 3 is 2.29 bits per heavy atom. The van der Waals surface area contributed by atoms with Crippen molar-refractivity contribution in [3.05, 3.63) is 35.9 Å². The van der Waals surface area contributed by atoms with E-state index >= 15 is 0 Å². The zero-order chi connectivity index (χ0) is 12.3. The Morgan fingerprint density at radius 2 is 1.76 bits per heavy atom. The second-order valence-electron chi connectivity index (χ2n) is 5.96. The van der Waals surface area contributed by atoms with Gasteiger partial charge in [0.15, 0.2) is 0 Å². The number of hydrogen-bond donors (Lipinski definition) is 1. The summed E-state index contributed by atoms with van der Waals surface area (Å²) in [6.45, 7) is 9.31. The van der Waals surface area contributed by atoms with Crippen LogP contribution in [-0.2, 0) is 0 Å². The third-order valence-electron chi connectivity index (χ3n) is 4.41. The molecule has 0 heterocycles. The molecule has 0 aliphatic heterocycles. The van der Waals surface area contributed by atoms with Crippen molar-refractivity contribution in [3.63, 3.8) is 0 Å². The van der Waals surface area contributed by atoms with Gasteiger partial charge >= 0.3 is 0 Å². The summed E-state index contributed by atoms with van der Waals surface area (Å²) in [5.41, 5.74) is 2.06. The molecule has 1 saturated carbocycles. The van der Waals surface area contributed by atoms with Gasteiger partial charge in [-0.05, 0) is 35.7 Å². The zero-order valence-corrected chi connectivity index (χ0v) is 11.4. The molecule has 1 atom stereocenters. The van der Waals surface area contributed by atoms with E-state index in [9.17, 15) is 0 Å². The lowest BCUT2D eigenvalue weighted by Crippen LogP contribution is -2.30. The fourth-order valence-corrected chi connectivity index (χ4v) is 2.56. The van der Waals surface area contributed by atoms with Crippen molar-refractivity contribution in [1.82, 2.24) is 5.32 Å². The van der Waals surface area contributed by atoms with Crippen LogP contribution in [-0.4, -0.2) is 13.1 Å². The Kier molecular flexibility index (Phi) is 3.88. The van der Waals surface area contributed by atoms with Gasteiger partial charge in [0.05, 0.1) is 0 Å². The van der Waals surface area contributed by atoms with Crippen LogP contribution in [0, 0.1) is 11.3 Å².